The van der Waals surface area contributed by atoms with Crippen molar-refractivity contribution in [1.29, 1.82) is 0 Å². The van der Waals surface area contributed by atoms with Crippen LogP contribution in [-0.4, -0.2) is 37.4 Å². The van der Waals surface area contributed by atoms with Crippen molar-refractivity contribution in [2.75, 3.05) is 6.54 Å². The molecule has 0 spiro atoms. The number of aromatic amines is 1. The van der Waals surface area contributed by atoms with Gasteiger partial charge in [-0.05, 0) is 20.3 Å². The van der Waals surface area contributed by atoms with Gasteiger partial charge in [0.25, 0.3) is 5.91 Å². The Balaban J connectivity index is 1.96. The van der Waals surface area contributed by atoms with E-state index in [0.29, 0.717) is 12.2 Å². The van der Waals surface area contributed by atoms with E-state index in [0.717, 1.165) is 17.7 Å². The lowest BCUT2D eigenvalue weighted by atomic mass is 10.1. The third kappa shape index (κ3) is 2.81. The summed E-state index contributed by atoms with van der Waals surface area (Å²) in [5, 5.41) is 13.8. The minimum absolute atomic E-state index is 0.0522. The zero-order valence-corrected chi connectivity index (χ0v) is 11.3. The van der Waals surface area contributed by atoms with Crippen molar-refractivity contribution in [3.63, 3.8) is 0 Å². The standard InChI is InChI=1S/C12H18N6O/c1-4-10-9(3)11(17-16-10)12(19)14-5-8(2)18-7-13-6-15-18/h6-8H,4-5H2,1-3H3,(H,14,19)(H,16,17). The van der Waals surface area contributed by atoms with Crippen LogP contribution >= 0.6 is 0 Å². The number of nitrogens with zero attached hydrogens (tertiary/aromatic N) is 4. The van der Waals surface area contributed by atoms with Crippen LogP contribution in [0.5, 0.6) is 0 Å². The highest BCUT2D eigenvalue weighted by molar-refractivity contribution is 5.93. The lowest BCUT2D eigenvalue weighted by Gasteiger charge is -2.12. The number of hydrogen-bond acceptors (Lipinski definition) is 4. The molecule has 0 bridgehead atoms. The highest BCUT2D eigenvalue weighted by atomic mass is 16.1. The molecular weight excluding hydrogens is 244 g/mol. The second-order valence-corrected chi connectivity index (χ2v) is 4.46. The summed E-state index contributed by atoms with van der Waals surface area (Å²) >= 11 is 0. The maximum Gasteiger partial charge on any atom is 0.272 e. The summed E-state index contributed by atoms with van der Waals surface area (Å²) in [4.78, 5) is 15.9. The van der Waals surface area contributed by atoms with Crippen LogP contribution in [0.3, 0.4) is 0 Å². The highest BCUT2D eigenvalue weighted by Crippen LogP contribution is 2.10. The van der Waals surface area contributed by atoms with E-state index in [1.165, 1.54) is 6.33 Å². The molecule has 2 N–H and O–H groups in total. The average Bonchev–Trinajstić information content (AvgIpc) is 3.04. The van der Waals surface area contributed by atoms with E-state index in [-0.39, 0.29) is 11.9 Å². The zero-order chi connectivity index (χ0) is 13.8. The summed E-state index contributed by atoms with van der Waals surface area (Å²) in [5.74, 6) is -0.166. The monoisotopic (exact) mass is 262 g/mol. The van der Waals surface area contributed by atoms with Crippen LogP contribution < -0.4 is 5.32 Å². The van der Waals surface area contributed by atoms with Gasteiger partial charge in [0.2, 0.25) is 0 Å². The fourth-order valence-electron chi connectivity index (χ4n) is 1.86. The topological polar surface area (TPSA) is 88.5 Å². The molecule has 2 aromatic rings. The number of hydrogen-bond donors (Lipinski definition) is 2. The summed E-state index contributed by atoms with van der Waals surface area (Å²) < 4.78 is 1.70. The van der Waals surface area contributed by atoms with Crippen LogP contribution in [0.25, 0.3) is 0 Å². The lowest BCUT2D eigenvalue weighted by Crippen LogP contribution is -2.30. The smallest absolute Gasteiger partial charge is 0.272 e. The maximum atomic E-state index is 12.0. The summed E-state index contributed by atoms with van der Waals surface area (Å²) in [6, 6.07) is 0.0522. The van der Waals surface area contributed by atoms with Crippen molar-refractivity contribution >= 4 is 5.91 Å². The summed E-state index contributed by atoms with van der Waals surface area (Å²) in [7, 11) is 0. The second-order valence-electron chi connectivity index (χ2n) is 4.46. The highest BCUT2D eigenvalue weighted by Gasteiger charge is 2.16. The normalized spacial score (nSPS) is 12.4. The summed E-state index contributed by atoms with van der Waals surface area (Å²) in [6.45, 7) is 6.37. The number of amides is 1. The Hall–Kier alpha value is -2.18. The predicted octanol–water partition coefficient (Wildman–Crippen LogP) is 0.863. The van der Waals surface area contributed by atoms with Gasteiger partial charge in [0.05, 0.1) is 6.04 Å². The van der Waals surface area contributed by atoms with Gasteiger partial charge in [-0.3, -0.25) is 9.89 Å². The fourth-order valence-corrected chi connectivity index (χ4v) is 1.86. The molecule has 0 aromatic carbocycles. The Morgan fingerprint density at radius 2 is 2.37 bits per heavy atom. The van der Waals surface area contributed by atoms with Gasteiger partial charge in [-0.15, -0.1) is 0 Å². The number of rotatable bonds is 5. The van der Waals surface area contributed by atoms with Gasteiger partial charge >= 0.3 is 0 Å². The first kappa shape index (κ1) is 13.3. The molecule has 7 heteroatoms. The fraction of sp³-hybridized carbons (Fsp3) is 0.500. The largest absolute Gasteiger partial charge is 0.348 e. The van der Waals surface area contributed by atoms with Crippen molar-refractivity contribution in [1.82, 2.24) is 30.3 Å². The van der Waals surface area contributed by atoms with Gasteiger partial charge < -0.3 is 5.32 Å². The number of carbonyl (C=O) groups excluding carboxylic acids is 1. The van der Waals surface area contributed by atoms with E-state index in [2.05, 4.69) is 25.6 Å². The summed E-state index contributed by atoms with van der Waals surface area (Å²) in [5.41, 5.74) is 2.37. The van der Waals surface area contributed by atoms with E-state index in [1.807, 2.05) is 20.8 Å². The number of aromatic nitrogens is 5. The first-order valence-corrected chi connectivity index (χ1v) is 6.29. The molecule has 7 nitrogen and oxygen atoms in total. The molecule has 0 saturated heterocycles. The Kier molecular flexibility index (Phi) is 3.94. The molecule has 1 unspecified atom stereocenters. The zero-order valence-electron chi connectivity index (χ0n) is 11.3. The molecule has 2 heterocycles. The van der Waals surface area contributed by atoms with Gasteiger partial charge in [-0.25, -0.2) is 9.67 Å². The minimum atomic E-state index is -0.166. The van der Waals surface area contributed by atoms with Crippen molar-refractivity contribution < 1.29 is 4.79 Å². The number of aryl methyl sites for hydroxylation is 1. The lowest BCUT2D eigenvalue weighted by molar-refractivity contribution is 0.0942. The molecule has 0 aliphatic rings. The molecular formula is C12H18N6O. The molecule has 0 aliphatic carbocycles. The van der Waals surface area contributed by atoms with Crippen molar-refractivity contribution in [3.8, 4) is 0 Å². The van der Waals surface area contributed by atoms with Gasteiger partial charge in [0.1, 0.15) is 12.7 Å². The Morgan fingerprint density at radius 1 is 1.58 bits per heavy atom. The van der Waals surface area contributed by atoms with E-state index in [9.17, 15) is 4.79 Å². The first-order valence-electron chi connectivity index (χ1n) is 6.29. The molecule has 0 radical (unpaired) electrons. The molecule has 2 rings (SSSR count). The van der Waals surface area contributed by atoms with Gasteiger partial charge in [0, 0.05) is 17.8 Å². The molecule has 19 heavy (non-hydrogen) atoms. The molecule has 1 atom stereocenters. The van der Waals surface area contributed by atoms with E-state index in [4.69, 9.17) is 0 Å². The summed E-state index contributed by atoms with van der Waals surface area (Å²) in [6.07, 6.45) is 3.94. The van der Waals surface area contributed by atoms with E-state index >= 15 is 0 Å². The van der Waals surface area contributed by atoms with Gasteiger partial charge in [-0.2, -0.15) is 10.2 Å². The molecule has 0 aliphatic heterocycles. The van der Waals surface area contributed by atoms with E-state index in [1.54, 1.807) is 11.0 Å². The Bertz CT molecular complexity index is 545. The van der Waals surface area contributed by atoms with Gasteiger partial charge in [-0.1, -0.05) is 6.92 Å². The first-order chi connectivity index (χ1) is 9.13. The van der Waals surface area contributed by atoms with Gasteiger partial charge in [0.15, 0.2) is 5.69 Å². The molecule has 2 aromatic heterocycles. The van der Waals surface area contributed by atoms with Crippen LogP contribution in [0.15, 0.2) is 12.7 Å². The van der Waals surface area contributed by atoms with Crippen molar-refractivity contribution in [2.24, 2.45) is 0 Å². The number of H-pyrrole nitrogens is 1. The Labute approximate surface area is 111 Å². The van der Waals surface area contributed by atoms with Crippen LogP contribution in [0.1, 0.15) is 41.6 Å². The minimum Gasteiger partial charge on any atom is -0.348 e. The van der Waals surface area contributed by atoms with Crippen LogP contribution in [-0.2, 0) is 6.42 Å². The van der Waals surface area contributed by atoms with Crippen LogP contribution in [0.4, 0.5) is 0 Å². The van der Waals surface area contributed by atoms with E-state index < -0.39 is 0 Å². The number of nitrogens with one attached hydrogen (secondary N) is 2. The molecule has 0 fully saturated rings. The second kappa shape index (κ2) is 5.64. The van der Waals surface area contributed by atoms with Crippen LogP contribution in [0, 0.1) is 6.92 Å². The predicted molar refractivity (Wildman–Crippen MR) is 69.8 cm³/mol. The molecule has 0 saturated carbocycles. The third-order valence-electron chi connectivity index (χ3n) is 3.13. The maximum absolute atomic E-state index is 12.0. The Morgan fingerprint density at radius 3 is 2.95 bits per heavy atom. The third-order valence-corrected chi connectivity index (χ3v) is 3.13. The van der Waals surface area contributed by atoms with Crippen LogP contribution in [0.2, 0.25) is 0 Å². The average molecular weight is 262 g/mol. The SMILES string of the molecule is CCc1[nH]nc(C(=O)NCC(C)n2cncn2)c1C. The molecule has 102 valence electrons. The molecule has 1 amide bonds. The number of carbonyl (C=O) groups is 1. The van der Waals surface area contributed by atoms with Crippen molar-refractivity contribution in [3.05, 3.63) is 29.6 Å². The van der Waals surface area contributed by atoms with Crippen molar-refractivity contribution in [2.45, 2.75) is 33.2 Å². The quantitative estimate of drug-likeness (QED) is 0.836.